The fraction of sp³-hybridized carbons (Fsp3) is 0.706. The van der Waals surface area contributed by atoms with Crippen LogP contribution >= 0.6 is 0 Å². The minimum absolute atomic E-state index is 0.125. The van der Waals surface area contributed by atoms with Gasteiger partial charge in [-0.1, -0.05) is 0 Å². The van der Waals surface area contributed by atoms with Gasteiger partial charge in [-0.05, 0) is 19.9 Å². The van der Waals surface area contributed by atoms with Gasteiger partial charge < -0.3 is 25.2 Å². The predicted molar refractivity (Wildman–Crippen MR) is 96.4 cm³/mol. The van der Waals surface area contributed by atoms with Crippen LogP contribution in [0.25, 0.3) is 0 Å². The molecule has 1 aromatic rings. The number of anilines is 2. The minimum atomic E-state index is 0.125. The molecular weight excluding hydrogens is 320 g/mol. The fourth-order valence-corrected chi connectivity index (χ4v) is 3.61. The number of aryl methyl sites for hydroxylation is 1. The summed E-state index contributed by atoms with van der Waals surface area (Å²) in [6.45, 7) is 8.40. The van der Waals surface area contributed by atoms with E-state index >= 15 is 0 Å². The van der Waals surface area contributed by atoms with Gasteiger partial charge in [-0.2, -0.15) is 4.98 Å². The van der Waals surface area contributed by atoms with Crippen molar-refractivity contribution in [3.63, 3.8) is 0 Å². The molecule has 3 rings (SSSR count). The number of nitrogen functional groups attached to an aromatic ring is 1. The number of aromatic nitrogens is 2. The van der Waals surface area contributed by atoms with Gasteiger partial charge in [0.15, 0.2) is 0 Å². The second-order valence-corrected chi connectivity index (χ2v) is 6.82. The highest BCUT2D eigenvalue weighted by molar-refractivity contribution is 5.79. The first-order chi connectivity index (χ1) is 12.1. The van der Waals surface area contributed by atoms with Crippen molar-refractivity contribution >= 4 is 17.7 Å². The van der Waals surface area contributed by atoms with Crippen LogP contribution in [0.4, 0.5) is 11.8 Å². The van der Waals surface area contributed by atoms with E-state index in [1.54, 1.807) is 7.11 Å². The monoisotopic (exact) mass is 348 g/mol. The van der Waals surface area contributed by atoms with Crippen molar-refractivity contribution in [2.24, 2.45) is 5.92 Å². The minimum Gasteiger partial charge on any atom is -0.383 e. The number of nitrogens with two attached hydrogens (primary N) is 1. The Bertz CT molecular complexity index is 583. The van der Waals surface area contributed by atoms with Crippen molar-refractivity contribution in [3.8, 4) is 0 Å². The molecule has 3 heterocycles. The molecule has 2 aliphatic heterocycles. The van der Waals surface area contributed by atoms with E-state index in [0.717, 1.165) is 70.4 Å². The maximum Gasteiger partial charge on any atom is 0.227 e. The molecule has 2 saturated heterocycles. The van der Waals surface area contributed by atoms with Gasteiger partial charge in [0, 0.05) is 58.1 Å². The van der Waals surface area contributed by atoms with Gasteiger partial charge in [0.05, 0.1) is 12.5 Å². The second kappa shape index (κ2) is 7.97. The number of likely N-dealkylation sites (tertiary alicyclic amines) is 1. The van der Waals surface area contributed by atoms with Crippen molar-refractivity contribution in [1.82, 2.24) is 19.8 Å². The molecular formula is C17H28N6O2. The quantitative estimate of drug-likeness (QED) is 0.800. The Morgan fingerprint density at radius 1 is 1.28 bits per heavy atom. The number of carbonyl (C=O) groups is 1. The van der Waals surface area contributed by atoms with Crippen molar-refractivity contribution in [3.05, 3.63) is 11.8 Å². The van der Waals surface area contributed by atoms with Crippen LogP contribution < -0.4 is 10.6 Å². The number of hydrogen-bond acceptors (Lipinski definition) is 7. The first kappa shape index (κ1) is 17.9. The van der Waals surface area contributed by atoms with Gasteiger partial charge in [0.2, 0.25) is 11.9 Å². The van der Waals surface area contributed by atoms with E-state index in [0.29, 0.717) is 5.95 Å². The van der Waals surface area contributed by atoms with Crippen molar-refractivity contribution in [1.29, 1.82) is 0 Å². The van der Waals surface area contributed by atoms with Gasteiger partial charge in [-0.15, -0.1) is 0 Å². The van der Waals surface area contributed by atoms with E-state index in [4.69, 9.17) is 10.5 Å². The van der Waals surface area contributed by atoms with E-state index in [1.807, 2.05) is 17.9 Å². The second-order valence-electron chi connectivity index (χ2n) is 6.82. The summed E-state index contributed by atoms with van der Waals surface area (Å²) in [5.41, 5.74) is 6.61. The smallest absolute Gasteiger partial charge is 0.227 e. The number of ether oxygens (including phenoxy) is 1. The van der Waals surface area contributed by atoms with Gasteiger partial charge in [-0.3, -0.25) is 4.79 Å². The van der Waals surface area contributed by atoms with Gasteiger partial charge >= 0.3 is 0 Å². The third-order valence-corrected chi connectivity index (χ3v) is 5.01. The molecule has 1 atom stereocenters. The average molecular weight is 348 g/mol. The molecule has 2 N–H and O–H groups in total. The van der Waals surface area contributed by atoms with Crippen LogP contribution in [0, 0.1) is 12.8 Å². The Labute approximate surface area is 148 Å². The summed E-state index contributed by atoms with van der Waals surface area (Å²) in [6.07, 6.45) is 0.949. The lowest BCUT2D eigenvalue weighted by Crippen LogP contribution is -2.51. The zero-order valence-electron chi connectivity index (χ0n) is 15.1. The molecule has 8 nitrogen and oxygen atoms in total. The van der Waals surface area contributed by atoms with E-state index in [2.05, 4.69) is 19.8 Å². The number of amides is 1. The van der Waals surface area contributed by atoms with Crippen LogP contribution in [0.1, 0.15) is 12.1 Å². The van der Waals surface area contributed by atoms with E-state index in [9.17, 15) is 4.79 Å². The third-order valence-electron chi connectivity index (χ3n) is 5.01. The molecule has 8 heteroatoms. The largest absolute Gasteiger partial charge is 0.383 e. The Kier molecular flexibility index (Phi) is 5.70. The van der Waals surface area contributed by atoms with Crippen molar-refractivity contribution in [2.75, 3.05) is 70.2 Å². The first-order valence-electron chi connectivity index (χ1n) is 8.93. The maximum atomic E-state index is 12.8. The summed E-state index contributed by atoms with van der Waals surface area (Å²) in [6, 6.07) is 1.94. The molecule has 0 bridgehead atoms. The topological polar surface area (TPSA) is 87.8 Å². The lowest BCUT2D eigenvalue weighted by atomic mass is 10.1. The predicted octanol–water partition coefficient (Wildman–Crippen LogP) is -0.0159. The number of nitrogens with zero attached hydrogens (tertiary/aromatic N) is 5. The van der Waals surface area contributed by atoms with Gasteiger partial charge in [0.1, 0.15) is 5.82 Å². The molecule has 0 saturated carbocycles. The third kappa shape index (κ3) is 4.38. The van der Waals surface area contributed by atoms with Crippen molar-refractivity contribution in [2.45, 2.75) is 13.3 Å². The summed E-state index contributed by atoms with van der Waals surface area (Å²) < 4.78 is 5.12. The highest BCUT2D eigenvalue weighted by atomic mass is 16.5. The molecule has 2 fully saturated rings. The highest BCUT2D eigenvalue weighted by Crippen LogP contribution is 2.21. The molecule has 138 valence electrons. The lowest BCUT2D eigenvalue weighted by Gasteiger charge is -2.36. The molecule has 0 unspecified atom stereocenters. The molecule has 0 aliphatic carbocycles. The maximum absolute atomic E-state index is 12.8. The molecule has 2 aliphatic rings. The Balaban J connectivity index is 1.51. The molecule has 0 radical (unpaired) electrons. The number of carbonyl (C=O) groups excluding carboxylic acids is 1. The average Bonchev–Trinajstić information content (AvgIpc) is 3.07. The van der Waals surface area contributed by atoms with Crippen LogP contribution in [0.5, 0.6) is 0 Å². The van der Waals surface area contributed by atoms with E-state index in [-0.39, 0.29) is 11.8 Å². The number of piperazine rings is 1. The Morgan fingerprint density at radius 2 is 2.04 bits per heavy atom. The number of hydrogen-bond donors (Lipinski definition) is 1. The highest BCUT2D eigenvalue weighted by Gasteiger charge is 2.32. The van der Waals surface area contributed by atoms with Crippen LogP contribution in [0.3, 0.4) is 0 Å². The molecule has 0 aromatic carbocycles. The summed E-state index contributed by atoms with van der Waals surface area (Å²) in [4.78, 5) is 27.7. The SMILES string of the molecule is COCCN1CC[C@@H](C(=O)N2CCN(c3cc(C)nc(N)n3)CC2)C1. The van der Waals surface area contributed by atoms with E-state index < -0.39 is 0 Å². The first-order valence-corrected chi connectivity index (χ1v) is 8.93. The molecule has 1 amide bonds. The summed E-state index contributed by atoms with van der Waals surface area (Å²) in [5.74, 6) is 1.57. The number of methoxy groups -OCH3 is 1. The lowest BCUT2D eigenvalue weighted by molar-refractivity contribution is -0.135. The summed E-state index contributed by atoms with van der Waals surface area (Å²) in [7, 11) is 1.71. The standard InChI is InChI=1S/C17H28N6O2/c1-13-11-15(20-17(18)19-13)22-5-7-23(8-6-22)16(24)14-3-4-21(12-14)9-10-25-2/h11,14H,3-10,12H2,1-2H3,(H2,18,19,20)/t14-/m1/s1. The fourth-order valence-electron chi connectivity index (χ4n) is 3.61. The van der Waals surface area contributed by atoms with Gasteiger partial charge in [-0.25, -0.2) is 4.98 Å². The summed E-state index contributed by atoms with van der Waals surface area (Å²) >= 11 is 0. The zero-order chi connectivity index (χ0) is 17.8. The summed E-state index contributed by atoms with van der Waals surface area (Å²) in [5, 5.41) is 0. The Morgan fingerprint density at radius 3 is 2.72 bits per heavy atom. The van der Waals surface area contributed by atoms with Crippen LogP contribution in [-0.4, -0.2) is 85.2 Å². The van der Waals surface area contributed by atoms with Crippen LogP contribution in [-0.2, 0) is 9.53 Å². The van der Waals surface area contributed by atoms with Gasteiger partial charge in [0.25, 0.3) is 0 Å². The zero-order valence-corrected chi connectivity index (χ0v) is 15.1. The normalized spacial score (nSPS) is 21.8. The molecule has 0 spiro atoms. The molecule has 1 aromatic heterocycles. The van der Waals surface area contributed by atoms with Crippen LogP contribution in [0.15, 0.2) is 6.07 Å². The van der Waals surface area contributed by atoms with Crippen molar-refractivity contribution < 1.29 is 9.53 Å². The van der Waals surface area contributed by atoms with E-state index in [1.165, 1.54) is 0 Å². The molecule has 25 heavy (non-hydrogen) atoms. The van der Waals surface area contributed by atoms with Crippen LogP contribution in [0.2, 0.25) is 0 Å². The Hall–Kier alpha value is -1.93. The number of rotatable bonds is 5.